The summed E-state index contributed by atoms with van der Waals surface area (Å²) in [5.41, 5.74) is 1.02. The molecular formula is C14H16FN3OS. The summed E-state index contributed by atoms with van der Waals surface area (Å²) in [7, 11) is 0. The predicted molar refractivity (Wildman–Crippen MR) is 76.6 cm³/mol. The Morgan fingerprint density at radius 2 is 2.10 bits per heavy atom. The van der Waals surface area contributed by atoms with Crippen LogP contribution in [0.2, 0.25) is 0 Å². The zero-order valence-corrected chi connectivity index (χ0v) is 11.8. The lowest BCUT2D eigenvalue weighted by Crippen LogP contribution is -2.38. The summed E-state index contributed by atoms with van der Waals surface area (Å²) in [5, 5.41) is 19.8. The molecule has 0 amide bonds. The molecule has 3 rings (SSSR count). The number of hydrogen-bond donors (Lipinski definition) is 1. The molecule has 1 aromatic heterocycles. The quantitative estimate of drug-likeness (QED) is 0.943. The van der Waals surface area contributed by atoms with E-state index in [2.05, 4.69) is 15.1 Å². The summed E-state index contributed by atoms with van der Waals surface area (Å²) in [6.45, 7) is 1.55. The first-order chi connectivity index (χ1) is 9.70. The zero-order valence-electron chi connectivity index (χ0n) is 11.0. The fourth-order valence-corrected chi connectivity index (χ4v) is 3.26. The molecule has 1 aliphatic heterocycles. The Hall–Kier alpha value is -1.53. The van der Waals surface area contributed by atoms with Gasteiger partial charge >= 0.3 is 0 Å². The topological polar surface area (TPSA) is 49.2 Å². The van der Waals surface area contributed by atoms with Crippen molar-refractivity contribution < 1.29 is 9.50 Å². The van der Waals surface area contributed by atoms with Gasteiger partial charge in [0.2, 0.25) is 5.13 Å². The van der Waals surface area contributed by atoms with E-state index in [9.17, 15) is 9.50 Å². The molecule has 106 valence electrons. The maximum absolute atomic E-state index is 12.9. The van der Waals surface area contributed by atoms with Gasteiger partial charge in [0.1, 0.15) is 10.8 Å². The van der Waals surface area contributed by atoms with Gasteiger partial charge in [-0.25, -0.2) is 4.39 Å². The molecule has 1 N–H and O–H groups in total. The van der Waals surface area contributed by atoms with Gasteiger partial charge in [0.25, 0.3) is 0 Å². The Kier molecular flexibility index (Phi) is 3.93. The van der Waals surface area contributed by atoms with Crippen LogP contribution in [0.1, 0.15) is 23.4 Å². The summed E-state index contributed by atoms with van der Waals surface area (Å²) >= 11 is 1.54. The van der Waals surface area contributed by atoms with E-state index in [1.54, 1.807) is 12.1 Å². The normalized spacial score (nSPS) is 19.3. The molecular weight excluding hydrogens is 277 g/mol. The first-order valence-electron chi connectivity index (χ1n) is 6.70. The largest absolute Gasteiger partial charge is 0.391 e. The summed E-state index contributed by atoms with van der Waals surface area (Å²) in [4.78, 5) is 2.08. The molecule has 1 aromatic carbocycles. The summed E-state index contributed by atoms with van der Waals surface area (Å²) in [6.07, 6.45) is 2.23. The Balaban J connectivity index is 1.68. The number of hydrogen-bond acceptors (Lipinski definition) is 5. The Morgan fingerprint density at radius 1 is 1.30 bits per heavy atom. The van der Waals surface area contributed by atoms with Crippen LogP contribution >= 0.6 is 11.3 Å². The third-order valence-electron chi connectivity index (χ3n) is 3.39. The van der Waals surface area contributed by atoms with E-state index in [0.717, 1.165) is 35.1 Å². The van der Waals surface area contributed by atoms with Gasteiger partial charge in [-0.1, -0.05) is 23.5 Å². The second-order valence-electron chi connectivity index (χ2n) is 5.02. The van der Waals surface area contributed by atoms with E-state index in [0.29, 0.717) is 13.0 Å². The lowest BCUT2D eigenvalue weighted by molar-refractivity contribution is 0.154. The van der Waals surface area contributed by atoms with Crippen molar-refractivity contribution in [2.24, 2.45) is 0 Å². The molecule has 1 saturated heterocycles. The average Bonchev–Trinajstić information content (AvgIpc) is 2.90. The predicted octanol–water partition coefficient (Wildman–Crippen LogP) is 2.23. The second kappa shape index (κ2) is 5.85. The first kappa shape index (κ1) is 13.5. The molecule has 20 heavy (non-hydrogen) atoms. The van der Waals surface area contributed by atoms with Gasteiger partial charge in [0.05, 0.1) is 6.10 Å². The third-order valence-corrected chi connectivity index (χ3v) is 4.38. The fraction of sp³-hybridized carbons (Fsp3) is 0.429. The highest BCUT2D eigenvalue weighted by Crippen LogP contribution is 2.25. The molecule has 0 spiro atoms. The van der Waals surface area contributed by atoms with Crippen LogP contribution in [-0.2, 0) is 6.42 Å². The Labute approximate surface area is 120 Å². The van der Waals surface area contributed by atoms with Crippen LogP contribution in [0.15, 0.2) is 24.3 Å². The van der Waals surface area contributed by atoms with Crippen LogP contribution in [0, 0.1) is 5.82 Å². The number of benzene rings is 1. The zero-order chi connectivity index (χ0) is 13.9. The minimum absolute atomic E-state index is 0.228. The minimum atomic E-state index is -0.270. The molecule has 0 radical (unpaired) electrons. The lowest BCUT2D eigenvalue weighted by Gasteiger charge is -2.29. The van der Waals surface area contributed by atoms with E-state index < -0.39 is 0 Å². The Bertz CT molecular complexity index is 572. The van der Waals surface area contributed by atoms with Crippen molar-refractivity contribution in [3.05, 3.63) is 40.7 Å². The summed E-state index contributed by atoms with van der Waals surface area (Å²) < 4.78 is 12.9. The molecule has 6 heteroatoms. The van der Waals surface area contributed by atoms with Crippen molar-refractivity contribution in [2.45, 2.75) is 25.4 Å². The third kappa shape index (κ3) is 3.13. The maximum Gasteiger partial charge on any atom is 0.208 e. The van der Waals surface area contributed by atoms with E-state index >= 15 is 0 Å². The number of nitrogens with zero attached hydrogens (tertiary/aromatic N) is 3. The number of β-amino-alcohol motifs (C(OH)–C–C–N with tert-alkyl or cyclic N) is 1. The van der Waals surface area contributed by atoms with Gasteiger partial charge in [-0.15, -0.1) is 10.2 Å². The number of anilines is 1. The van der Waals surface area contributed by atoms with E-state index in [4.69, 9.17) is 0 Å². The SMILES string of the molecule is OC1CCCN(c2nnc(Cc3ccc(F)cc3)s2)C1. The highest BCUT2D eigenvalue weighted by Gasteiger charge is 2.20. The number of rotatable bonds is 3. The summed E-state index contributed by atoms with van der Waals surface area (Å²) in [5.74, 6) is -0.228. The van der Waals surface area contributed by atoms with Crippen molar-refractivity contribution in [1.29, 1.82) is 0 Å². The molecule has 1 unspecified atom stereocenters. The van der Waals surface area contributed by atoms with Crippen molar-refractivity contribution in [2.75, 3.05) is 18.0 Å². The van der Waals surface area contributed by atoms with Crippen LogP contribution < -0.4 is 4.90 Å². The van der Waals surface area contributed by atoms with E-state index in [1.165, 1.54) is 23.5 Å². The molecule has 0 aliphatic carbocycles. The number of halogens is 1. The summed E-state index contributed by atoms with van der Waals surface area (Å²) in [6, 6.07) is 6.44. The number of aliphatic hydroxyl groups is 1. The van der Waals surface area contributed by atoms with Crippen LogP contribution in [0.25, 0.3) is 0 Å². The van der Waals surface area contributed by atoms with Gasteiger partial charge in [-0.2, -0.15) is 0 Å². The van der Waals surface area contributed by atoms with Gasteiger partial charge in [0.15, 0.2) is 0 Å². The molecule has 2 aromatic rings. The molecule has 1 aliphatic rings. The van der Waals surface area contributed by atoms with E-state index in [-0.39, 0.29) is 11.9 Å². The molecule has 2 heterocycles. The van der Waals surface area contributed by atoms with Crippen molar-refractivity contribution in [3.8, 4) is 0 Å². The highest BCUT2D eigenvalue weighted by molar-refractivity contribution is 7.15. The van der Waals surface area contributed by atoms with E-state index in [1.807, 2.05) is 0 Å². The second-order valence-corrected chi connectivity index (χ2v) is 6.06. The standard InChI is InChI=1S/C14H16FN3OS/c15-11-5-3-10(4-6-11)8-13-16-17-14(20-13)18-7-1-2-12(19)9-18/h3-6,12,19H,1-2,7-9H2. The minimum Gasteiger partial charge on any atom is -0.391 e. The highest BCUT2D eigenvalue weighted by atomic mass is 32.1. The van der Waals surface area contributed by atoms with Gasteiger partial charge in [0, 0.05) is 19.5 Å². The molecule has 0 saturated carbocycles. The van der Waals surface area contributed by atoms with Crippen molar-refractivity contribution in [3.63, 3.8) is 0 Å². The van der Waals surface area contributed by atoms with Crippen molar-refractivity contribution in [1.82, 2.24) is 10.2 Å². The average molecular weight is 293 g/mol. The molecule has 0 bridgehead atoms. The van der Waals surface area contributed by atoms with Crippen LogP contribution in [-0.4, -0.2) is 34.5 Å². The Morgan fingerprint density at radius 3 is 2.85 bits per heavy atom. The molecule has 1 fully saturated rings. The molecule has 1 atom stereocenters. The number of aliphatic hydroxyl groups excluding tert-OH is 1. The first-order valence-corrected chi connectivity index (χ1v) is 7.52. The van der Waals surface area contributed by atoms with Gasteiger partial charge < -0.3 is 10.0 Å². The number of aromatic nitrogens is 2. The maximum atomic E-state index is 12.9. The van der Waals surface area contributed by atoms with Gasteiger partial charge in [-0.05, 0) is 30.5 Å². The fourth-order valence-electron chi connectivity index (χ4n) is 2.35. The van der Waals surface area contributed by atoms with Gasteiger partial charge in [-0.3, -0.25) is 0 Å². The molecule has 4 nitrogen and oxygen atoms in total. The smallest absolute Gasteiger partial charge is 0.208 e. The van der Waals surface area contributed by atoms with Crippen LogP contribution in [0.3, 0.4) is 0 Å². The monoisotopic (exact) mass is 293 g/mol. The number of piperidine rings is 1. The van der Waals surface area contributed by atoms with Crippen LogP contribution in [0.4, 0.5) is 9.52 Å². The van der Waals surface area contributed by atoms with Crippen LogP contribution in [0.5, 0.6) is 0 Å². The lowest BCUT2D eigenvalue weighted by atomic mass is 10.1. The van der Waals surface area contributed by atoms with Crippen molar-refractivity contribution >= 4 is 16.5 Å².